The monoisotopic (exact) mass is 293 g/mol. The zero-order valence-electron chi connectivity index (χ0n) is 9.77. The molecular weight excluding hydrogens is 285 g/mol. The number of hydrogen-bond acceptors (Lipinski definition) is 2. The van der Waals surface area contributed by atoms with Gasteiger partial charge in [-0.2, -0.15) is 0 Å². The highest BCUT2D eigenvalue weighted by molar-refractivity contribution is 7.18. The number of rotatable bonds is 3. The Hall–Kier alpha value is -1.65. The van der Waals surface area contributed by atoms with E-state index >= 15 is 0 Å². The molecule has 0 unspecified atom stereocenters. The summed E-state index contributed by atoms with van der Waals surface area (Å²) < 4.78 is 15.6. The summed E-state index contributed by atoms with van der Waals surface area (Å²) in [5.41, 5.74) is 0.719. The minimum atomic E-state index is -0.306. The number of nitrogens with zero attached hydrogens (tertiary/aromatic N) is 1. The molecule has 3 aromatic rings. The number of hydrogen-bond donors (Lipinski definition) is 0. The third kappa shape index (κ3) is 2.41. The Balaban J connectivity index is 1.93. The topological polar surface area (TPSA) is 22.0 Å². The van der Waals surface area contributed by atoms with Crippen LogP contribution in [0.5, 0.6) is 0 Å². The van der Waals surface area contributed by atoms with E-state index in [1.54, 1.807) is 29.0 Å². The first-order valence-electron chi connectivity index (χ1n) is 5.66. The first-order chi connectivity index (χ1) is 9.13. The van der Waals surface area contributed by atoms with E-state index in [1.165, 1.54) is 23.5 Å². The molecule has 1 aromatic carbocycles. The normalized spacial score (nSPS) is 11.1. The molecule has 0 N–H and O–H groups in total. The van der Waals surface area contributed by atoms with Crippen LogP contribution in [0, 0.1) is 5.82 Å². The second-order valence-corrected chi connectivity index (χ2v) is 5.89. The first-order valence-corrected chi connectivity index (χ1v) is 6.86. The largest absolute Gasteiger partial charge is 0.340 e. The van der Waals surface area contributed by atoms with E-state index in [4.69, 9.17) is 11.6 Å². The third-order valence-corrected chi connectivity index (χ3v) is 4.17. The Morgan fingerprint density at radius 2 is 2.11 bits per heavy atom. The number of carbonyl (C=O) groups excluding carboxylic acids is 1. The predicted octanol–water partition coefficient (Wildman–Crippen LogP) is 4.38. The quantitative estimate of drug-likeness (QED) is 0.657. The van der Waals surface area contributed by atoms with Gasteiger partial charge in [0.2, 0.25) is 0 Å². The molecule has 2 heterocycles. The van der Waals surface area contributed by atoms with Crippen molar-refractivity contribution in [3.8, 4) is 0 Å². The van der Waals surface area contributed by atoms with E-state index in [2.05, 4.69) is 0 Å². The van der Waals surface area contributed by atoms with Crippen molar-refractivity contribution < 1.29 is 9.18 Å². The van der Waals surface area contributed by atoms with Crippen molar-refractivity contribution in [3.63, 3.8) is 0 Å². The Bertz CT molecular complexity index is 762. The number of thiophene rings is 1. The molecule has 0 bridgehead atoms. The average molecular weight is 294 g/mol. The Kier molecular flexibility index (Phi) is 3.12. The number of halogens is 2. The molecule has 0 fully saturated rings. The second-order valence-electron chi connectivity index (χ2n) is 4.17. The third-order valence-electron chi connectivity index (χ3n) is 2.90. The Labute approximate surface area is 118 Å². The van der Waals surface area contributed by atoms with E-state index in [9.17, 15) is 9.18 Å². The maximum Gasteiger partial charge on any atom is 0.192 e. The van der Waals surface area contributed by atoms with Crippen LogP contribution in [0.3, 0.4) is 0 Å². The number of carbonyl (C=O) groups is 1. The zero-order valence-corrected chi connectivity index (χ0v) is 11.3. The van der Waals surface area contributed by atoms with Crippen LogP contribution >= 0.6 is 22.9 Å². The lowest BCUT2D eigenvalue weighted by Gasteiger charge is -2.03. The van der Waals surface area contributed by atoms with Crippen LogP contribution in [0.15, 0.2) is 42.6 Å². The van der Waals surface area contributed by atoms with Crippen LogP contribution in [-0.2, 0) is 6.54 Å². The van der Waals surface area contributed by atoms with Crippen molar-refractivity contribution in [2.45, 2.75) is 6.54 Å². The van der Waals surface area contributed by atoms with Gasteiger partial charge in [0.05, 0.1) is 21.3 Å². The van der Waals surface area contributed by atoms with Gasteiger partial charge in [-0.3, -0.25) is 4.79 Å². The van der Waals surface area contributed by atoms with Crippen molar-refractivity contribution in [1.82, 2.24) is 4.57 Å². The summed E-state index contributed by atoms with van der Waals surface area (Å²) in [6.45, 7) is 0.184. The van der Waals surface area contributed by atoms with Gasteiger partial charge < -0.3 is 4.57 Å². The van der Waals surface area contributed by atoms with Gasteiger partial charge in [-0.25, -0.2) is 4.39 Å². The molecule has 0 radical (unpaired) electrons. The Morgan fingerprint density at radius 1 is 1.26 bits per heavy atom. The number of aromatic nitrogens is 1. The molecular formula is C14H9ClFNOS. The average Bonchev–Trinajstić information content (AvgIpc) is 2.97. The van der Waals surface area contributed by atoms with Crippen LogP contribution < -0.4 is 0 Å². The summed E-state index contributed by atoms with van der Waals surface area (Å²) in [5.74, 6) is -0.335. The maximum absolute atomic E-state index is 13.2. The molecule has 3 rings (SSSR count). The highest BCUT2D eigenvalue weighted by Gasteiger charge is 2.11. The molecule has 19 heavy (non-hydrogen) atoms. The van der Waals surface area contributed by atoms with Crippen LogP contribution in [0.2, 0.25) is 4.34 Å². The molecule has 0 aliphatic carbocycles. The van der Waals surface area contributed by atoms with E-state index in [-0.39, 0.29) is 18.1 Å². The summed E-state index contributed by atoms with van der Waals surface area (Å²) in [4.78, 5) is 12.7. The molecule has 2 aromatic heterocycles. The standard InChI is InChI=1S/C14H9ClFNOS/c15-14-4-3-13(19-14)12(18)8-17-6-5-9-1-2-10(16)7-11(9)17/h1-7H,8H2. The van der Waals surface area contributed by atoms with E-state index in [0.717, 1.165) is 10.9 Å². The SMILES string of the molecule is O=C(Cn1ccc2ccc(F)cc21)c1ccc(Cl)s1. The summed E-state index contributed by atoms with van der Waals surface area (Å²) in [6, 6.07) is 9.82. The van der Waals surface area contributed by atoms with Crippen molar-refractivity contribution in [1.29, 1.82) is 0 Å². The predicted molar refractivity (Wildman–Crippen MR) is 75.6 cm³/mol. The summed E-state index contributed by atoms with van der Waals surface area (Å²) >= 11 is 7.07. The van der Waals surface area contributed by atoms with Crippen molar-refractivity contribution >= 4 is 39.6 Å². The molecule has 0 amide bonds. The van der Waals surface area contributed by atoms with Gasteiger partial charge in [-0.15, -0.1) is 11.3 Å². The lowest BCUT2D eigenvalue weighted by Crippen LogP contribution is -2.07. The fourth-order valence-electron chi connectivity index (χ4n) is 1.99. The number of Topliss-reactive ketones (excluding diaryl/α,β-unsaturated/α-hetero) is 1. The smallest absolute Gasteiger partial charge is 0.192 e. The van der Waals surface area contributed by atoms with E-state index in [1.807, 2.05) is 6.07 Å². The maximum atomic E-state index is 13.2. The second kappa shape index (κ2) is 4.79. The lowest BCUT2D eigenvalue weighted by atomic mass is 10.2. The number of benzene rings is 1. The van der Waals surface area contributed by atoms with Gasteiger partial charge in [-0.05, 0) is 41.8 Å². The minimum Gasteiger partial charge on any atom is -0.340 e. The number of fused-ring (bicyclic) bond motifs is 1. The van der Waals surface area contributed by atoms with Crippen molar-refractivity contribution in [2.24, 2.45) is 0 Å². The molecule has 0 aliphatic rings. The highest BCUT2D eigenvalue weighted by atomic mass is 35.5. The van der Waals surface area contributed by atoms with Gasteiger partial charge in [-0.1, -0.05) is 11.6 Å². The number of ketones is 1. The van der Waals surface area contributed by atoms with Gasteiger partial charge in [0.15, 0.2) is 5.78 Å². The summed E-state index contributed by atoms with van der Waals surface area (Å²) in [5, 5.41) is 0.915. The summed E-state index contributed by atoms with van der Waals surface area (Å²) in [7, 11) is 0. The van der Waals surface area contributed by atoms with Crippen LogP contribution in [0.4, 0.5) is 4.39 Å². The highest BCUT2D eigenvalue weighted by Crippen LogP contribution is 2.23. The Morgan fingerprint density at radius 3 is 2.84 bits per heavy atom. The van der Waals surface area contributed by atoms with Gasteiger partial charge >= 0.3 is 0 Å². The molecule has 5 heteroatoms. The molecule has 0 saturated heterocycles. The fourth-order valence-corrected chi connectivity index (χ4v) is 2.96. The fraction of sp³-hybridized carbons (Fsp3) is 0.0714. The van der Waals surface area contributed by atoms with Gasteiger partial charge in [0.25, 0.3) is 0 Å². The molecule has 0 spiro atoms. The zero-order chi connectivity index (χ0) is 13.4. The van der Waals surface area contributed by atoms with E-state index in [0.29, 0.717) is 9.21 Å². The molecule has 2 nitrogen and oxygen atoms in total. The van der Waals surface area contributed by atoms with Gasteiger partial charge in [0.1, 0.15) is 5.82 Å². The van der Waals surface area contributed by atoms with Crippen molar-refractivity contribution in [2.75, 3.05) is 0 Å². The molecule has 0 saturated carbocycles. The molecule has 96 valence electrons. The first kappa shape index (κ1) is 12.4. The van der Waals surface area contributed by atoms with Crippen LogP contribution in [0.25, 0.3) is 10.9 Å². The van der Waals surface area contributed by atoms with Crippen molar-refractivity contribution in [3.05, 3.63) is 57.6 Å². The van der Waals surface area contributed by atoms with Crippen LogP contribution in [0.1, 0.15) is 9.67 Å². The lowest BCUT2D eigenvalue weighted by molar-refractivity contribution is 0.0977. The van der Waals surface area contributed by atoms with Gasteiger partial charge in [0, 0.05) is 6.20 Å². The molecule has 0 aliphatic heterocycles. The van der Waals surface area contributed by atoms with Crippen LogP contribution in [-0.4, -0.2) is 10.4 Å². The molecule has 0 atom stereocenters. The van der Waals surface area contributed by atoms with E-state index < -0.39 is 0 Å². The summed E-state index contributed by atoms with van der Waals surface area (Å²) in [6.07, 6.45) is 1.79. The minimum absolute atomic E-state index is 0.0290.